The zero-order valence-electron chi connectivity index (χ0n) is 17.0. The molecule has 1 aromatic rings. The van der Waals surface area contributed by atoms with Crippen LogP contribution in [0.4, 0.5) is 0 Å². The summed E-state index contributed by atoms with van der Waals surface area (Å²) in [5, 5.41) is 6.64. The normalized spacial score (nSPS) is 19.6. The summed E-state index contributed by atoms with van der Waals surface area (Å²) in [5.41, 5.74) is 1.07. The van der Waals surface area contributed by atoms with Crippen LogP contribution in [0.2, 0.25) is 0 Å². The van der Waals surface area contributed by atoms with Gasteiger partial charge in [0.25, 0.3) is 0 Å². The van der Waals surface area contributed by atoms with Gasteiger partial charge in [-0.25, -0.2) is 9.98 Å². The van der Waals surface area contributed by atoms with Crippen LogP contribution in [0.5, 0.6) is 5.88 Å². The highest BCUT2D eigenvalue weighted by Crippen LogP contribution is 2.29. The van der Waals surface area contributed by atoms with Crippen LogP contribution in [0, 0.1) is 11.8 Å². The average molecular weight is 391 g/mol. The molecule has 1 atom stereocenters. The first-order valence-corrected chi connectivity index (χ1v) is 10.6. The van der Waals surface area contributed by atoms with E-state index in [0.29, 0.717) is 18.3 Å². The van der Waals surface area contributed by atoms with Gasteiger partial charge in [0.05, 0.1) is 26.4 Å². The zero-order valence-corrected chi connectivity index (χ0v) is 17.0. The Labute approximate surface area is 168 Å². The molecule has 156 valence electrons. The fourth-order valence-electron chi connectivity index (χ4n) is 2.94. The Balaban J connectivity index is 1.32. The summed E-state index contributed by atoms with van der Waals surface area (Å²) in [4.78, 5) is 9.01. The lowest BCUT2D eigenvalue weighted by molar-refractivity contribution is 0.0888. The molecule has 0 aromatic carbocycles. The van der Waals surface area contributed by atoms with E-state index in [4.69, 9.17) is 14.2 Å². The van der Waals surface area contributed by atoms with Crippen molar-refractivity contribution >= 4 is 5.96 Å². The van der Waals surface area contributed by atoms with Gasteiger partial charge in [-0.15, -0.1) is 0 Å². The number of nitrogens with one attached hydrogen (secondary N) is 2. The van der Waals surface area contributed by atoms with Crippen molar-refractivity contribution in [2.45, 2.75) is 39.2 Å². The maximum Gasteiger partial charge on any atom is 0.213 e. The fraction of sp³-hybridized carbons (Fsp3) is 0.714. The molecule has 2 aliphatic rings. The Kier molecular flexibility index (Phi) is 8.84. The molecule has 0 spiro atoms. The zero-order chi connectivity index (χ0) is 19.4. The first-order chi connectivity index (χ1) is 13.8. The molecule has 0 bridgehead atoms. The molecule has 1 saturated carbocycles. The second kappa shape index (κ2) is 11.9. The lowest BCUT2D eigenvalue weighted by Crippen LogP contribution is -2.38. The summed E-state index contributed by atoms with van der Waals surface area (Å²) in [7, 11) is 0. The van der Waals surface area contributed by atoms with E-state index < -0.39 is 0 Å². The molecule has 7 heteroatoms. The van der Waals surface area contributed by atoms with Crippen LogP contribution < -0.4 is 15.4 Å². The van der Waals surface area contributed by atoms with Crippen molar-refractivity contribution in [3.05, 3.63) is 23.9 Å². The molecular weight excluding hydrogens is 356 g/mol. The summed E-state index contributed by atoms with van der Waals surface area (Å²) in [6.45, 7) is 8.39. The molecule has 0 amide bonds. The minimum atomic E-state index is 0.575. The molecule has 28 heavy (non-hydrogen) atoms. The van der Waals surface area contributed by atoms with Crippen molar-refractivity contribution in [2.75, 3.05) is 46.1 Å². The minimum absolute atomic E-state index is 0.575. The third kappa shape index (κ3) is 8.02. The van der Waals surface area contributed by atoms with Crippen molar-refractivity contribution < 1.29 is 14.2 Å². The van der Waals surface area contributed by atoms with Crippen LogP contribution in [-0.2, 0) is 16.0 Å². The Morgan fingerprint density at radius 3 is 2.86 bits per heavy atom. The topological polar surface area (TPSA) is 77.0 Å². The number of guanidine groups is 1. The van der Waals surface area contributed by atoms with Gasteiger partial charge in [-0.2, -0.15) is 0 Å². The van der Waals surface area contributed by atoms with Crippen LogP contribution in [-0.4, -0.2) is 57.1 Å². The molecule has 3 rings (SSSR count). The molecule has 7 nitrogen and oxygen atoms in total. The number of hydrogen-bond acceptors (Lipinski definition) is 5. The maximum absolute atomic E-state index is 5.74. The maximum atomic E-state index is 5.74. The van der Waals surface area contributed by atoms with E-state index in [1.807, 2.05) is 18.3 Å². The Hall–Kier alpha value is -1.86. The fourth-order valence-corrected chi connectivity index (χ4v) is 2.94. The van der Waals surface area contributed by atoms with Gasteiger partial charge in [-0.3, -0.25) is 0 Å². The van der Waals surface area contributed by atoms with Gasteiger partial charge in [0, 0.05) is 44.5 Å². The molecule has 1 unspecified atom stereocenters. The molecule has 2 N–H and O–H groups in total. The van der Waals surface area contributed by atoms with Crippen LogP contribution in [0.1, 0.15) is 38.2 Å². The van der Waals surface area contributed by atoms with Crippen LogP contribution >= 0.6 is 0 Å². The minimum Gasteiger partial charge on any atom is -0.477 e. The number of ether oxygens (including phenoxy) is 3. The highest BCUT2D eigenvalue weighted by Gasteiger charge is 2.22. The number of hydrogen-bond donors (Lipinski definition) is 2. The van der Waals surface area contributed by atoms with Gasteiger partial charge in [-0.1, -0.05) is 6.07 Å². The summed E-state index contributed by atoms with van der Waals surface area (Å²) in [5.74, 6) is 2.84. The lowest BCUT2D eigenvalue weighted by atomic mass is 10.1. The van der Waals surface area contributed by atoms with E-state index in [1.165, 1.54) is 12.8 Å². The Morgan fingerprint density at radius 1 is 1.21 bits per heavy atom. The molecule has 1 saturated heterocycles. The van der Waals surface area contributed by atoms with Crippen molar-refractivity contribution in [3.63, 3.8) is 0 Å². The molecule has 1 aliphatic heterocycles. The lowest BCUT2D eigenvalue weighted by Gasteiger charge is -2.12. The number of pyridine rings is 1. The Morgan fingerprint density at radius 2 is 2.14 bits per heavy atom. The van der Waals surface area contributed by atoms with Crippen LogP contribution in [0.3, 0.4) is 0 Å². The van der Waals surface area contributed by atoms with E-state index >= 15 is 0 Å². The van der Waals surface area contributed by atoms with Gasteiger partial charge in [0.1, 0.15) is 0 Å². The SMILES string of the molecule is CCNC(=NCc1ccc(OCC2CC2)nc1)NCCCOCC1CCOC1. The highest BCUT2D eigenvalue weighted by molar-refractivity contribution is 5.79. The van der Waals surface area contributed by atoms with E-state index in [2.05, 4.69) is 27.5 Å². The standard InChI is InChI=1S/C21H34N4O3/c1-2-22-21(23-9-3-10-26-14-19-8-11-27-15-19)25-13-18-6-7-20(24-12-18)28-16-17-4-5-17/h6-7,12,17,19H,2-5,8-11,13-16H2,1H3,(H2,22,23,25). The van der Waals surface area contributed by atoms with E-state index in [-0.39, 0.29) is 0 Å². The summed E-state index contributed by atoms with van der Waals surface area (Å²) in [6, 6.07) is 3.96. The van der Waals surface area contributed by atoms with Crippen molar-refractivity contribution in [1.82, 2.24) is 15.6 Å². The van der Waals surface area contributed by atoms with Crippen LogP contribution in [0.15, 0.2) is 23.3 Å². The summed E-state index contributed by atoms with van der Waals surface area (Å²) >= 11 is 0. The van der Waals surface area contributed by atoms with Crippen molar-refractivity contribution in [1.29, 1.82) is 0 Å². The predicted octanol–water partition coefficient (Wildman–Crippen LogP) is 2.37. The summed E-state index contributed by atoms with van der Waals surface area (Å²) in [6.07, 6.45) is 6.49. The van der Waals surface area contributed by atoms with Gasteiger partial charge in [0.15, 0.2) is 5.96 Å². The second-order valence-corrected chi connectivity index (χ2v) is 7.54. The van der Waals surface area contributed by atoms with Crippen molar-refractivity contribution in [2.24, 2.45) is 16.8 Å². The Bertz CT molecular complexity index is 584. The number of aliphatic imine (C=N–C) groups is 1. The number of aromatic nitrogens is 1. The highest BCUT2D eigenvalue weighted by atomic mass is 16.5. The van der Waals surface area contributed by atoms with Gasteiger partial charge >= 0.3 is 0 Å². The molecular formula is C21H34N4O3. The first kappa shape index (κ1) is 20.9. The van der Waals surface area contributed by atoms with E-state index in [1.54, 1.807) is 0 Å². The van der Waals surface area contributed by atoms with Gasteiger partial charge < -0.3 is 24.8 Å². The molecule has 1 aromatic heterocycles. The molecule has 1 aliphatic carbocycles. The second-order valence-electron chi connectivity index (χ2n) is 7.54. The number of rotatable bonds is 12. The van der Waals surface area contributed by atoms with Gasteiger partial charge in [-0.05, 0) is 44.1 Å². The molecule has 2 fully saturated rings. The molecule has 0 radical (unpaired) electrons. The third-order valence-corrected chi connectivity index (χ3v) is 4.86. The average Bonchev–Trinajstić information content (AvgIpc) is 3.41. The number of nitrogens with zero attached hydrogens (tertiary/aromatic N) is 2. The third-order valence-electron chi connectivity index (χ3n) is 4.86. The van der Waals surface area contributed by atoms with E-state index in [9.17, 15) is 0 Å². The van der Waals surface area contributed by atoms with Crippen LogP contribution in [0.25, 0.3) is 0 Å². The van der Waals surface area contributed by atoms with Gasteiger partial charge in [0.2, 0.25) is 5.88 Å². The first-order valence-electron chi connectivity index (χ1n) is 10.6. The smallest absolute Gasteiger partial charge is 0.213 e. The quantitative estimate of drug-likeness (QED) is 0.324. The van der Waals surface area contributed by atoms with Crippen molar-refractivity contribution in [3.8, 4) is 5.88 Å². The van der Waals surface area contributed by atoms with E-state index in [0.717, 1.165) is 76.4 Å². The monoisotopic (exact) mass is 390 g/mol. The largest absolute Gasteiger partial charge is 0.477 e. The summed E-state index contributed by atoms with van der Waals surface area (Å²) < 4.78 is 16.8. The predicted molar refractivity (Wildman–Crippen MR) is 110 cm³/mol. The molecule has 2 heterocycles.